The number of halogens is 5. The lowest BCUT2D eigenvalue weighted by molar-refractivity contribution is 0.0475. The highest BCUT2D eigenvalue weighted by Crippen LogP contribution is 2.27. The first kappa shape index (κ1) is 20.8. The highest BCUT2D eigenvalue weighted by Gasteiger charge is 2.21. The van der Waals surface area contributed by atoms with Gasteiger partial charge in [-0.05, 0) is 36.4 Å². The van der Waals surface area contributed by atoms with Crippen molar-refractivity contribution in [2.75, 3.05) is 0 Å². The van der Waals surface area contributed by atoms with Crippen molar-refractivity contribution in [2.24, 2.45) is 10.9 Å². The largest absolute Gasteiger partial charge is 0.479 e. The quantitative estimate of drug-likeness (QED) is 0.161. The molecule has 2 aromatic carbocycles. The van der Waals surface area contributed by atoms with Crippen LogP contribution in [0.2, 0.25) is 0 Å². The van der Waals surface area contributed by atoms with E-state index in [1.54, 1.807) is 0 Å². The Morgan fingerprint density at radius 2 is 1.60 bits per heavy atom. The maximum Gasteiger partial charge on any atom is 0.400 e. The number of hydrogen-bond acceptors (Lipinski definition) is 5. The van der Waals surface area contributed by atoms with Gasteiger partial charge in [0.1, 0.15) is 18.2 Å². The van der Waals surface area contributed by atoms with Crippen molar-refractivity contribution in [3.63, 3.8) is 0 Å². The molecule has 1 aromatic heterocycles. The third-order valence-electron chi connectivity index (χ3n) is 3.66. The Balaban J connectivity index is 1.64. The summed E-state index contributed by atoms with van der Waals surface area (Å²) >= 11 is 0. The Hall–Kier alpha value is -3.89. The maximum absolute atomic E-state index is 13.6. The summed E-state index contributed by atoms with van der Waals surface area (Å²) in [5, 5.41) is 3.39. The molecule has 3 aromatic rings. The van der Waals surface area contributed by atoms with E-state index in [9.17, 15) is 26.7 Å². The lowest BCUT2D eigenvalue weighted by Crippen LogP contribution is -2.15. The van der Waals surface area contributed by atoms with E-state index < -0.39 is 47.4 Å². The molecular weight excluding hydrogens is 415 g/mol. The molecule has 0 saturated heterocycles. The predicted octanol–water partition coefficient (Wildman–Crippen LogP) is 4.03. The van der Waals surface area contributed by atoms with Crippen molar-refractivity contribution in [3.8, 4) is 5.75 Å². The molecule has 156 valence electrons. The molecule has 0 fully saturated rings. The van der Waals surface area contributed by atoms with Crippen LogP contribution in [0, 0.1) is 29.1 Å². The minimum atomic E-state index is -1.72. The van der Waals surface area contributed by atoms with Gasteiger partial charge in [0, 0.05) is 11.6 Å². The highest BCUT2D eigenvalue weighted by atomic mass is 19.2. The molecule has 11 heteroatoms. The van der Waals surface area contributed by atoms with Gasteiger partial charge < -0.3 is 19.7 Å². The molecule has 0 spiro atoms. The Bertz CT molecular complexity index is 1090. The summed E-state index contributed by atoms with van der Waals surface area (Å²) < 4.78 is 76.1. The van der Waals surface area contributed by atoms with Crippen molar-refractivity contribution in [3.05, 3.63) is 88.6 Å². The number of carbonyl (C=O) groups is 1. The van der Waals surface area contributed by atoms with Crippen molar-refractivity contribution in [1.29, 1.82) is 0 Å². The SMILES string of the molecule is N/C(=N\OC(=O)c1ccc(COc2c(F)c(F)cc(F)c2F)o1)c1ccc(F)cc1. The van der Waals surface area contributed by atoms with E-state index in [1.165, 1.54) is 18.2 Å². The van der Waals surface area contributed by atoms with Crippen molar-refractivity contribution in [2.45, 2.75) is 6.61 Å². The number of nitrogens with two attached hydrogens (primary N) is 1. The number of hydrogen-bond donors (Lipinski definition) is 1. The van der Waals surface area contributed by atoms with Crippen LogP contribution in [0.25, 0.3) is 0 Å². The summed E-state index contributed by atoms with van der Waals surface area (Å²) in [4.78, 5) is 16.5. The van der Waals surface area contributed by atoms with Crippen LogP contribution in [-0.4, -0.2) is 11.8 Å². The van der Waals surface area contributed by atoms with Gasteiger partial charge in [-0.1, -0.05) is 5.16 Å². The van der Waals surface area contributed by atoms with Crippen molar-refractivity contribution in [1.82, 2.24) is 0 Å². The molecular formula is C19H11F5N2O4. The molecule has 2 N–H and O–H groups in total. The first-order valence-electron chi connectivity index (χ1n) is 8.11. The van der Waals surface area contributed by atoms with Gasteiger partial charge in [-0.25, -0.2) is 18.0 Å². The van der Waals surface area contributed by atoms with Gasteiger partial charge in [0.25, 0.3) is 0 Å². The average molecular weight is 426 g/mol. The van der Waals surface area contributed by atoms with E-state index >= 15 is 0 Å². The summed E-state index contributed by atoms with van der Waals surface area (Å²) in [7, 11) is 0. The van der Waals surface area contributed by atoms with Crippen LogP contribution in [0.1, 0.15) is 21.9 Å². The van der Waals surface area contributed by atoms with Crippen LogP contribution >= 0.6 is 0 Å². The molecule has 1 heterocycles. The molecule has 0 aliphatic rings. The van der Waals surface area contributed by atoms with E-state index in [1.807, 2.05) is 0 Å². The lowest BCUT2D eigenvalue weighted by atomic mass is 10.2. The molecule has 0 aliphatic heterocycles. The molecule has 0 unspecified atom stereocenters. The van der Waals surface area contributed by atoms with Crippen LogP contribution in [0.5, 0.6) is 5.75 Å². The zero-order valence-electron chi connectivity index (χ0n) is 14.8. The Morgan fingerprint density at radius 3 is 2.23 bits per heavy atom. The number of nitrogens with zero attached hydrogens (tertiary/aromatic N) is 1. The van der Waals surface area contributed by atoms with Crippen LogP contribution in [0.3, 0.4) is 0 Å². The van der Waals surface area contributed by atoms with Gasteiger partial charge in [-0.15, -0.1) is 0 Å². The first-order valence-corrected chi connectivity index (χ1v) is 8.11. The number of oxime groups is 1. The summed E-state index contributed by atoms with van der Waals surface area (Å²) in [5.41, 5.74) is 5.90. The average Bonchev–Trinajstić information content (AvgIpc) is 3.20. The summed E-state index contributed by atoms with van der Waals surface area (Å²) in [6, 6.07) is 7.29. The smallest absolute Gasteiger partial charge is 0.400 e. The molecule has 0 amide bonds. The predicted molar refractivity (Wildman–Crippen MR) is 91.9 cm³/mol. The Morgan fingerprint density at radius 1 is 0.967 bits per heavy atom. The number of amidine groups is 1. The zero-order valence-corrected chi connectivity index (χ0v) is 14.8. The molecule has 3 rings (SSSR count). The summed E-state index contributed by atoms with van der Waals surface area (Å²) in [6.45, 7) is -0.648. The molecule has 0 radical (unpaired) electrons. The molecule has 0 atom stereocenters. The van der Waals surface area contributed by atoms with E-state index in [0.29, 0.717) is 5.56 Å². The molecule has 0 saturated carbocycles. The maximum atomic E-state index is 13.6. The number of ether oxygens (including phenoxy) is 1. The standard InChI is InChI=1S/C19H11F5N2O4/c20-10-3-1-9(2-4-10)18(25)26-30-19(27)14-6-5-11(29-14)8-28-17-15(23)12(21)7-13(22)16(17)24/h1-7H,8H2,(H2,25,26). The third-order valence-corrected chi connectivity index (χ3v) is 3.66. The van der Waals surface area contributed by atoms with Gasteiger partial charge >= 0.3 is 5.97 Å². The molecule has 6 nitrogen and oxygen atoms in total. The minimum absolute atomic E-state index is 0.0384. The van der Waals surface area contributed by atoms with E-state index in [-0.39, 0.29) is 23.4 Å². The third kappa shape index (κ3) is 4.57. The first-order chi connectivity index (χ1) is 14.3. The van der Waals surface area contributed by atoms with Crippen molar-refractivity contribution < 1.29 is 40.7 Å². The summed E-state index contributed by atoms with van der Waals surface area (Å²) in [6.07, 6.45) is 0. The Labute approximate surface area is 165 Å². The fourth-order valence-electron chi connectivity index (χ4n) is 2.20. The monoisotopic (exact) mass is 426 g/mol. The van der Waals surface area contributed by atoms with Crippen molar-refractivity contribution >= 4 is 11.8 Å². The summed E-state index contributed by atoms with van der Waals surface area (Å²) in [5.74, 6) is -10.2. The zero-order chi connectivity index (χ0) is 21.8. The van der Waals surface area contributed by atoms with E-state index in [2.05, 4.69) is 9.99 Å². The van der Waals surface area contributed by atoms with Crippen LogP contribution in [0.4, 0.5) is 22.0 Å². The van der Waals surface area contributed by atoms with Gasteiger partial charge in [0.15, 0.2) is 23.2 Å². The Kier molecular flexibility index (Phi) is 6.00. The number of furan rings is 1. The van der Waals surface area contributed by atoms with Crippen LogP contribution in [-0.2, 0) is 11.4 Å². The fraction of sp³-hybridized carbons (Fsp3) is 0.0526. The second kappa shape index (κ2) is 8.64. The number of rotatable bonds is 6. The highest BCUT2D eigenvalue weighted by molar-refractivity contribution is 5.97. The second-order valence-electron chi connectivity index (χ2n) is 5.71. The number of benzene rings is 2. The molecule has 0 aliphatic carbocycles. The van der Waals surface area contributed by atoms with E-state index in [0.717, 1.165) is 18.2 Å². The van der Waals surface area contributed by atoms with Gasteiger partial charge in [0.2, 0.25) is 17.4 Å². The minimum Gasteiger partial charge on any atom is -0.479 e. The van der Waals surface area contributed by atoms with Crippen LogP contribution in [0.15, 0.2) is 52.0 Å². The van der Waals surface area contributed by atoms with Gasteiger partial charge in [-0.3, -0.25) is 0 Å². The van der Waals surface area contributed by atoms with E-state index in [4.69, 9.17) is 14.9 Å². The second-order valence-corrected chi connectivity index (χ2v) is 5.71. The fourth-order valence-corrected chi connectivity index (χ4v) is 2.20. The van der Waals surface area contributed by atoms with Gasteiger partial charge in [0.05, 0.1) is 0 Å². The number of carbonyl (C=O) groups excluding carboxylic acids is 1. The molecule has 0 bridgehead atoms. The normalized spacial score (nSPS) is 11.4. The van der Waals surface area contributed by atoms with Crippen LogP contribution < -0.4 is 10.5 Å². The topological polar surface area (TPSA) is 87.1 Å². The molecule has 30 heavy (non-hydrogen) atoms. The van der Waals surface area contributed by atoms with Gasteiger partial charge in [-0.2, -0.15) is 8.78 Å². The lowest BCUT2D eigenvalue weighted by Gasteiger charge is -2.08.